The molecule has 1 aromatic carbocycles. The molecule has 0 heterocycles. The number of thioether (sulfide) groups is 1. The van der Waals surface area contributed by atoms with Crippen LogP contribution in [0.5, 0.6) is 0 Å². The topological polar surface area (TPSA) is 34.1 Å². The van der Waals surface area contributed by atoms with Crippen molar-refractivity contribution in [1.82, 2.24) is 0 Å². The van der Waals surface area contributed by atoms with Gasteiger partial charge in [0.2, 0.25) is 0 Å². The molecule has 2 nitrogen and oxygen atoms in total. The molecule has 0 spiro atoms. The second-order valence-electron chi connectivity index (χ2n) is 5.89. The second kappa shape index (κ2) is 7.49. The summed E-state index contributed by atoms with van der Waals surface area (Å²) < 4.78 is 0. The highest BCUT2D eigenvalue weighted by atomic mass is 32.2. The van der Waals surface area contributed by atoms with E-state index < -0.39 is 0 Å². The summed E-state index contributed by atoms with van der Waals surface area (Å²) in [6, 6.07) is 9.55. The first-order chi connectivity index (χ1) is 8.87. The largest absolute Gasteiger partial charge is 0.300 e. The summed E-state index contributed by atoms with van der Waals surface area (Å²) in [4.78, 5) is 24.4. The van der Waals surface area contributed by atoms with Crippen LogP contribution in [0.1, 0.15) is 46.5 Å². The minimum absolute atomic E-state index is 0.0651. The van der Waals surface area contributed by atoms with Crippen molar-refractivity contribution in [3.05, 3.63) is 30.3 Å². The zero-order valence-corrected chi connectivity index (χ0v) is 12.8. The zero-order chi connectivity index (χ0) is 14.3. The van der Waals surface area contributed by atoms with E-state index in [4.69, 9.17) is 0 Å². The first-order valence-corrected chi connectivity index (χ1v) is 7.46. The van der Waals surface area contributed by atoms with E-state index in [1.54, 1.807) is 0 Å². The Morgan fingerprint density at radius 2 is 1.63 bits per heavy atom. The van der Waals surface area contributed by atoms with Gasteiger partial charge in [0.25, 0.3) is 0 Å². The van der Waals surface area contributed by atoms with Gasteiger partial charge in [0.15, 0.2) is 5.12 Å². The van der Waals surface area contributed by atoms with Gasteiger partial charge in [-0.25, -0.2) is 0 Å². The average Bonchev–Trinajstić information content (AvgIpc) is 2.34. The lowest BCUT2D eigenvalue weighted by atomic mass is 9.89. The predicted molar refractivity (Wildman–Crippen MR) is 80.2 cm³/mol. The van der Waals surface area contributed by atoms with Gasteiger partial charge in [-0.05, 0) is 24.0 Å². The summed E-state index contributed by atoms with van der Waals surface area (Å²) >= 11 is 1.22. The van der Waals surface area contributed by atoms with E-state index in [0.29, 0.717) is 19.3 Å². The van der Waals surface area contributed by atoms with Crippen LogP contribution < -0.4 is 0 Å². The molecule has 0 radical (unpaired) electrons. The summed E-state index contributed by atoms with van der Waals surface area (Å²) in [7, 11) is 0. The lowest BCUT2D eigenvalue weighted by molar-refractivity contribution is -0.121. The Labute approximate surface area is 120 Å². The molecule has 0 fully saturated rings. The number of carbonyl (C=O) groups is 2. The second-order valence-corrected chi connectivity index (χ2v) is 7.02. The summed E-state index contributed by atoms with van der Waals surface area (Å²) in [6.07, 6.45) is 2.16. The minimum Gasteiger partial charge on any atom is -0.300 e. The van der Waals surface area contributed by atoms with Crippen molar-refractivity contribution in [3.8, 4) is 0 Å². The summed E-state index contributed by atoms with van der Waals surface area (Å²) in [5.74, 6) is 0.192. The third kappa shape index (κ3) is 7.83. The van der Waals surface area contributed by atoms with Gasteiger partial charge in [-0.15, -0.1) is 0 Å². The molecule has 0 saturated carbocycles. The number of hydrogen-bond acceptors (Lipinski definition) is 3. The molecule has 1 aromatic rings. The Kier molecular flexibility index (Phi) is 6.29. The lowest BCUT2D eigenvalue weighted by Gasteiger charge is -2.16. The van der Waals surface area contributed by atoms with E-state index in [0.717, 1.165) is 11.3 Å². The highest BCUT2D eigenvalue weighted by Crippen LogP contribution is 2.23. The number of hydrogen-bond donors (Lipinski definition) is 0. The standard InChI is InChI=1S/C16H22O2S/c1-16(2,3)12-11-13(17)9-10-15(18)19-14-7-5-4-6-8-14/h4-8H,9-12H2,1-3H3. The van der Waals surface area contributed by atoms with Crippen LogP contribution in [0.2, 0.25) is 0 Å². The first kappa shape index (κ1) is 16.0. The number of carbonyl (C=O) groups excluding carboxylic acids is 2. The average molecular weight is 278 g/mol. The number of rotatable bonds is 6. The highest BCUT2D eigenvalue weighted by Gasteiger charge is 2.14. The third-order valence-corrected chi connectivity index (χ3v) is 3.68. The van der Waals surface area contributed by atoms with Crippen molar-refractivity contribution >= 4 is 22.7 Å². The number of benzene rings is 1. The molecule has 0 amide bonds. The third-order valence-electron chi connectivity index (χ3n) is 2.74. The van der Waals surface area contributed by atoms with Crippen LogP contribution in [-0.2, 0) is 9.59 Å². The predicted octanol–water partition coefficient (Wildman–Crippen LogP) is 4.48. The van der Waals surface area contributed by atoms with Crippen LogP contribution in [0.4, 0.5) is 0 Å². The smallest absolute Gasteiger partial charge is 0.194 e. The van der Waals surface area contributed by atoms with Gasteiger partial charge < -0.3 is 0 Å². The van der Waals surface area contributed by atoms with Gasteiger partial charge in [-0.3, -0.25) is 9.59 Å². The fourth-order valence-corrected chi connectivity index (χ4v) is 2.31. The summed E-state index contributed by atoms with van der Waals surface area (Å²) in [5.41, 5.74) is 0.179. The Hall–Kier alpha value is -1.09. The van der Waals surface area contributed by atoms with Crippen molar-refractivity contribution in [2.24, 2.45) is 5.41 Å². The maximum absolute atomic E-state index is 11.7. The molecule has 0 aliphatic rings. The van der Waals surface area contributed by atoms with Gasteiger partial charge in [0.05, 0.1) is 0 Å². The van der Waals surface area contributed by atoms with Gasteiger partial charge in [-0.1, -0.05) is 50.7 Å². The van der Waals surface area contributed by atoms with Gasteiger partial charge >= 0.3 is 0 Å². The molecule has 0 atom stereocenters. The van der Waals surface area contributed by atoms with Gasteiger partial charge in [0, 0.05) is 24.2 Å². The van der Waals surface area contributed by atoms with Crippen LogP contribution in [0, 0.1) is 5.41 Å². The van der Waals surface area contributed by atoms with Crippen molar-refractivity contribution < 1.29 is 9.59 Å². The Bertz CT molecular complexity index is 418. The molecule has 0 N–H and O–H groups in total. The molecule has 104 valence electrons. The van der Waals surface area contributed by atoms with E-state index in [1.165, 1.54) is 11.8 Å². The van der Waals surface area contributed by atoms with E-state index in [2.05, 4.69) is 20.8 Å². The Morgan fingerprint density at radius 3 is 2.21 bits per heavy atom. The van der Waals surface area contributed by atoms with E-state index >= 15 is 0 Å². The Balaban J connectivity index is 2.25. The molecule has 0 aromatic heterocycles. The van der Waals surface area contributed by atoms with E-state index in [-0.39, 0.29) is 16.3 Å². The highest BCUT2D eigenvalue weighted by molar-refractivity contribution is 8.13. The number of Topliss-reactive ketones (excluding diaryl/α,β-unsaturated/α-hetero) is 1. The molecule has 1 rings (SSSR count). The summed E-state index contributed by atoms with van der Waals surface area (Å²) in [5, 5.41) is 0.0651. The lowest BCUT2D eigenvalue weighted by Crippen LogP contribution is -2.09. The van der Waals surface area contributed by atoms with E-state index in [9.17, 15) is 9.59 Å². The number of ketones is 1. The van der Waals surface area contributed by atoms with Crippen LogP contribution in [0.15, 0.2) is 35.2 Å². The molecular formula is C16H22O2S. The quantitative estimate of drug-likeness (QED) is 0.719. The molecule has 3 heteroatoms. The molecule has 0 unspecified atom stereocenters. The monoisotopic (exact) mass is 278 g/mol. The maximum atomic E-state index is 11.7. The minimum atomic E-state index is 0.0651. The van der Waals surface area contributed by atoms with Crippen molar-refractivity contribution in [1.29, 1.82) is 0 Å². The van der Waals surface area contributed by atoms with Crippen molar-refractivity contribution in [3.63, 3.8) is 0 Å². The van der Waals surface area contributed by atoms with Crippen LogP contribution in [0.25, 0.3) is 0 Å². The maximum Gasteiger partial charge on any atom is 0.194 e. The molecular weight excluding hydrogens is 256 g/mol. The van der Waals surface area contributed by atoms with Crippen molar-refractivity contribution in [2.75, 3.05) is 0 Å². The van der Waals surface area contributed by atoms with Gasteiger partial charge in [0.1, 0.15) is 5.78 Å². The molecule has 0 saturated heterocycles. The summed E-state index contributed by atoms with van der Waals surface area (Å²) in [6.45, 7) is 6.37. The van der Waals surface area contributed by atoms with Crippen LogP contribution >= 0.6 is 11.8 Å². The fourth-order valence-electron chi connectivity index (χ4n) is 1.55. The normalized spacial score (nSPS) is 11.3. The molecule has 19 heavy (non-hydrogen) atoms. The fraction of sp³-hybridized carbons (Fsp3) is 0.500. The molecule has 0 aliphatic heterocycles. The zero-order valence-electron chi connectivity index (χ0n) is 11.9. The van der Waals surface area contributed by atoms with Crippen LogP contribution in [0.3, 0.4) is 0 Å². The molecule has 0 aliphatic carbocycles. The Morgan fingerprint density at radius 1 is 1.00 bits per heavy atom. The SMILES string of the molecule is CC(C)(C)CCC(=O)CCC(=O)Sc1ccccc1. The first-order valence-electron chi connectivity index (χ1n) is 6.64. The van der Waals surface area contributed by atoms with E-state index in [1.807, 2.05) is 30.3 Å². The van der Waals surface area contributed by atoms with Crippen molar-refractivity contribution in [2.45, 2.75) is 51.3 Å². The molecule has 0 bridgehead atoms. The van der Waals surface area contributed by atoms with Crippen LogP contribution in [-0.4, -0.2) is 10.9 Å². The van der Waals surface area contributed by atoms with Gasteiger partial charge in [-0.2, -0.15) is 0 Å².